The number of nitrogens with zero attached hydrogens (tertiary/aromatic N) is 1. The molecule has 0 heterocycles. The molecule has 0 radical (unpaired) electrons. The lowest BCUT2D eigenvalue weighted by Gasteiger charge is -2.43. The molecule has 1 atom stereocenters. The maximum absolute atomic E-state index is 11.0. The fourth-order valence-electron chi connectivity index (χ4n) is 3.55. The molecule has 0 spiro atoms. The summed E-state index contributed by atoms with van der Waals surface area (Å²) in [5, 5.41) is 11.0. The van der Waals surface area contributed by atoms with Gasteiger partial charge in [0.25, 0.3) is 0 Å². The Hall–Kier alpha value is -0.860. The van der Waals surface area contributed by atoms with Crippen molar-refractivity contribution in [2.75, 3.05) is 14.1 Å². The topological polar surface area (TPSA) is 23.5 Å². The van der Waals surface area contributed by atoms with Crippen LogP contribution in [0.3, 0.4) is 0 Å². The van der Waals surface area contributed by atoms with Gasteiger partial charge < -0.3 is 10.0 Å². The van der Waals surface area contributed by atoms with Gasteiger partial charge in [-0.3, -0.25) is 0 Å². The summed E-state index contributed by atoms with van der Waals surface area (Å²) in [6.07, 6.45) is 7.91. The highest BCUT2D eigenvalue weighted by Gasteiger charge is 2.40. The first-order valence-electron chi connectivity index (χ1n) is 8.04. The number of aliphatic hydroxyl groups excluding tert-OH is 1. The van der Waals surface area contributed by atoms with Gasteiger partial charge in [0.05, 0.1) is 11.6 Å². The van der Waals surface area contributed by atoms with Crippen LogP contribution >= 0.6 is 0 Å². The first kappa shape index (κ1) is 15.5. The second-order valence-electron chi connectivity index (χ2n) is 6.41. The van der Waals surface area contributed by atoms with E-state index < -0.39 is 0 Å². The van der Waals surface area contributed by atoms with E-state index in [1.165, 1.54) is 31.2 Å². The molecule has 112 valence electrons. The largest absolute Gasteiger partial charge is 0.386 e. The average Bonchev–Trinajstić information content (AvgIpc) is 2.73. The molecule has 1 N–H and O–H groups in total. The summed E-state index contributed by atoms with van der Waals surface area (Å²) >= 11 is 0. The lowest BCUT2D eigenvalue weighted by molar-refractivity contribution is -0.0198. The summed E-state index contributed by atoms with van der Waals surface area (Å²) in [4.78, 5) is 2.26. The summed E-state index contributed by atoms with van der Waals surface area (Å²) in [6.45, 7) is 2.16. The average molecular weight is 275 g/mol. The molecule has 0 aliphatic heterocycles. The van der Waals surface area contributed by atoms with E-state index >= 15 is 0 Å². The fraction of sp³-hybridized carbons (Fsp3) is 0.667. The molecule has 1 aromatic rings. The van der Waals surface area contributed by atoms with Gasteiger partial charge in [-0.15, -0.1) is 0 Å². The SMILES string of the molecule is CCc1ccc(C(O)C2(N(C)C)CCCCCC2)cc1. The van der Waals surface area contributed by atoms with Gasteiger partial charge in [-0.05, 0) is 44.5 Å². The lowest BCUT2D eigenvalue weighted by atomic mass is 9.80. The Morgan fingerprint density at radius 1 is 1.05 bits per heavy atom. The van der Waals surface area contributed by atoms with Gasteiger partial charge in [-0.1, -0.05) is 56.9 Å². The van der Waals surface area contributed by atoms with E-state index in [0.29, 0.717) is 0 Å². The molecule has 1 aliphatic carbocycles. The van der Waals surface area contributed by atoms with Crippen molar-refractivity contribution in [3.63, 3.8) is 0 Å². The van der Waals surface area contributed by atoms with Crippen molar-refractivity contribution in [3.8, 4) is 0 Å². The van der Waals surface area contributed by atoms with E-state index in [4.69, 9.17) is 0 Å². The predicted molar refractivity (Wildman–Crippen MR) is 84.9 cm³/mol. The van der Waals surface area contributed by atoms with Crippen LogP contribution in [0, 0.1) is 0 Å². The molecule has 20 heavy (non-hydrogen) atoms. The number of benzene rings is 1. The minimum atomic E-state index is -0.387. The van der Waals surface area contributed by atoms with E-state index in [1.807, 2.05) is 0 Å². The van der Waals surface area contributed by atoms with Crippen molar-refractivity contribution in [2.45, 2.75) is 63.5 Å². The molecule has 0 bridgehead atoms. The maximum atomic E-state index is 11.0. The highest BCUT2D eigenvalue weighted by atomic mass is 16.3. The van der Waals surface area contributed by atoms with Gasteiger partial charge in [0.15, 0.2) is 0 Å². The normalized spacial score (nSPS) is 20.6. The molecule has 0 aromatic heterocycles. The van der Waals surface area contributed by atoms with Crippen LogP contribution in [0.15, 0.2) is 24.3 Å². The van der Waals surface area contributed by atoms with E-state index in [0.717, 1.165) is 24.8 Å². The third-order valence-corrected chi connectivity index (χ3v) is 5.07. The Kier molecular flexibility index (Phi) is 5.22. The maximum Gasteiger partial charge on any atom is 0.0973 e. The van der Waals surface area contributed by atoms with Crippen LogP contribution in [0.2, 0.25) is 0 Å². The third-order valence-electron chi connectivity index (χ3n) is 5.07. The zero-order valence-electron chi connectivity index (χ0n) is 13.2. The summed E-state index contributed by atoms with van der Waals surface area (Å²) in [7, 11) is 4.24. The van der Waals surface area contributed by atoms with E-state index in [2.05, 4.69) is 50.2 Å². The fourth-order valence-corrected chi connectivity index (χ4v) is 3.55. The van der Waals surface area contributed by atoms with Crippen molar-refractivity contribution < 1.29 is 5.11 Å². The summed E-state index contributed by atoms with van der Waals surface area (Å²) in [5.41, 5.74) is 2.31. The number of aliphatic hydroxyl groups is 1. The van der Waals surface area contributed by atoms with Crippen molar-refractivity contribution in [1.29, 1.82) is 0 Å². The quantitative estimate of drug-likeness (QED) is 0.841. The van der Waals surface area contributed by atoms with Gasteiger partial charge in [0, 0.05) is 0 Å². The van der Waals surface area contributed by atoms with Crippen LogP contribution in [-0.4, -0.2) is 29.6 Å². The van der Waals surface area contributed by atoms with Crippen molar-refractivity contribution >= 4 is 0 Å². The number of likely N-dealkylation sites (N-methyl/N-ethyl adjacent to an activating group) is 1. The van der Waals surface area contributed by atoms with Crippen LogP contribution < -0.4 is 0 Å². The summed E-state index contributed by atoms with van der Waals surface area (Å²) in [5.74, 6) is 0. The van der Waals surface area contributed by atoms with Crippen LogP contribution in [0.25, 0.3) is 0 Å². The zero-order chi connectivity index (χ0) is 14.6. The van der Waals surface area contributed by atoms with Crippen LogP contribution in [0.1, 0.15) is 62.7 Å². The predicted octanol–water partition coefficient (Wildman–Crippen LogP) is 3.94. The molecule has 1 aromatic carbocycles. The standard InChI is InChI=1S/C18H29NO/c1-4-15-9-11-16(12-10-15)17(20)18(19(2)3)13-7-5-6-8-14-18/h9-12,17,20H,4-8,13-14H2,1-3H3. The number of hydrogen-bond acceptors (Lipinski definition) is 2. The first-order chi connectivity index (χ1) is 9.60. The first-order valence-corrected chi connectivity index (χ1v) is 8.04. The minimum Gasteiger partial charge on any atom is -0.386 e. The number of hydrogen-bond donors (Lipinski definition) is 1. The molecule has 0 amide bonds. The van der Waals surface area contributed by atoms with Crippen LogP contribution in [-0.2, 0) is 6.42 Å². The number of aryl methyl sites for hydroxylation is 1. The highest BCUT2D eigenvalue weighted by molar-refractivity contribution is 5.26. The Labute approximate surface area is 123 Å². The van der Waals surface area contributed by atoms with Crippen molar-refractivity contribution in [2.24, 2.45) is 0 Å². The van der Waals surface area contributed by atoms with Crippen molar-refractivity contribution in [3.05, 3.63) is 35.4 Å². The molecule has 2 rings (SSSR count). The Balaban J connectivity index is 2.27. The summed E-state index contributed by atoms with van der Waals surface area (Å²) < 4.78 is 0. The molecule has 1 fully saturated rings. The second-order valence-corrected chi connectivity index (χ2v) is 6.41. The van der Waals surface area contributed by atoms with E-state index in [9.17, 15) is 5.11 Å². The molecule has 1 unspecified atom stereocenters. The number of rotatable bonds is 4. The van der Waals surface area contributed by atoms with Crippen LogP contribution in [0.5, 0.6) is 0 Å². The zero-order valence-corrected chi connectivity index (χ0v) is 13.2. The highest BCUT2D eigenvalue weighted by Crippen LogP contribution is 2.41. The van der Waals surface area contributed by atoms with Crippen molar-refractivity contribution in [1.82, 2.24) is 4.90 Å². The van der Waals surface area contributed by atoms with Crippen LogP contribution in [0.4, 0.5) is 0 Å². The lowest BCUT2D eigenvalue weighted by Crippen LogP contribution is -2.49. The molecular formula is C18H29NO. The molecule has 2 heteroatoms. The second kappa shape index (κ2) is 6.73. The Bertz CT molecular complexity index is 402. The smallest absolute Gasteiger partial charge is 0.0973 e. The van der Waals surface area contributed by atoms with E-state index in [-0.39, 0.29) is 11.6 Å². The van der Waals surface area contributed by atoms with Gasteiger partial charge in [0.2, 0.25) is 0 Å². The minimum absolute atomic E-state index is 0.0930. The third kappa shape index (κ3) is 3.07. The van der Waals surface area contributed by atoms with Gasteiger partial charge in [0.1, 0.15) is 0 Å². The molecule has 1 saturated carbocycles. The molecule has 1 aliphatic rings. The van der Waals surface area contributed by atoms with E-state index in [1.54, 1.807) is 0 Å². The molecular weight excluding hydrogens is 246 g/mol. The Morgan fingerprint density at radius 3 is 2.05 bits per heavy atom. The molecule has 0 saturated heterocycles. The van der Waals surface area contributed by atoms with Gasteiger partial charge in [-0.25, -0.2) is 0 Å². The Morgan fingerprint density at radius 2 is 1.60 bits per heavy atom. The monoisotopic (exact) mass is 275 g/mol. The summed E-state index contributed by atoms with van der Waals surface area (Å²) in [6, 6.07) is 8.52. The van der Waals surface area contributed by atoms with Gasteiger partial charge >= 0.3 is 0 Å². The van der Waals surface area contributed by atoms with Gasteiger partial charge in [-0.2, -0.15) is 0 Å². The molecule has 2 nitrogen and oxygen atoms in total.